The minimum Gasteiger partial charge on any atom is -0.475 e. The molecule has 0 aromatic carbocycles. The Morgan fingerprint density at radius 2 is 2.35 bits per heavy atom. The summed E-state index contributed by atoms with van der Waals surface area (Å²) in [5.41, 5.74) is 1.34. The van der Waals surface area contributed by atoms with E-state index in [0.717, 1.165) is 5.39 Å². The van der Waals surface area contributed by atoms with Crippen LogP contribution in [0.25, 0.3) is 17.1 Å². The van der Waals surface area contributed by atoms with Crippen molar-refractivity contribution in [1.82, 2.24) is 14.8 Å². The van der Waals surface area contributed by atoms with Crippen LogP contribution in [-0.4, -0.2) is 32.1 Å². The van der Waals surface area contributed by atoms with Crippen LogP contribution in [0.1, 0.15) is 5.69 Å². The quantitative estimate of drug-likeness (QED) is 0.777. The monoisotopic (exact) mass is 230 g/mol. The Morgan fingerprint density at radius 3 is 3.18 bits per heavy atom. The maximum absolute atomic E-state index is 10.8. The molecule has 3 rings (SSSR count). The van der Waals surface area contributed by atoms with Gasteiger partial charge in [-0.2, -0.15) is 5.10 Å². The fourth-order valence-electron chi connectivity index (χ4n) is 1.55. The molecule has 2 aromatic rings. The van der Waals surface area contributed by atoms with Gasteiger partial charge in [0.25, 0.3) is 5.76 Å². The van der Waals surface area contributed by atoms with Gasteiger partial charge in [0.05, 0.1) is 23.6 Å². The second kappa shape index (κ2) is 3.41. The molecule has 0 saturated heterocycles. The van der Waals surface area contributed by atoms with Crippen molar-refractivity contribution in [2.45, 2.75) is 0 Å². The van der Waals surface area contributed by atoms with Crippen LogP contribution < -0.4 is 0 Å². The number of carboxylic acid groups (broad SMARTS) is 1. The number of carbonyl (C=O) groups is 1. The topological polar surface area (TPSA) is 89.6 Å². The molecular weight excluding hydrogens is 224 g/mol. The maximum Gasteiger partial charge on any atom is 0.376 e. The van der Waals surface area contributed by atoms with Crippen molar-refractivity contribution in [2.24, 2.45) is 5.16 Å². The van der Waals surface area contributed by atoms with Gasteiger partial charge in [-0.25, -0.2) is 9.48 Å². The summed E-state index contributed by atoms with van der Waals surface area (Å²) in [6.45, 7) is 0. The van der Waals surface area contributed by atoms with Gasteiger partial charge in [-0.15, -0.1) is 0 Å². The summed E-state index contributed by atoms with van der Waals surface area (Å²) in [4.78, 5) is 19.5. The van der Waals surface area contributed by atoms with Crippen LogP contribution in [0.15, 0.2) is 29.4 Å². The number of rotatable bonds is 1. The van der Waals surface area contributed by atoms with Crippen molar-refractivity contribution in [1.29, 1.82) is 0 Å². The van der Waals surface area contributed by atoms with E-state index in [4.69, 9.17) is 9.94 Å². The molecule has 1 aliphatic heterocycles. The number of carboxylic acids is 1. The summed E-state index contributed by atoms with van der Waals surface area (Å²) in [7, 11) is 0. The van der Waals surface area contributed by atoms with Gasteiger partial charge in [0, 0.05) is 17.8 Å². The van der Waals surface area contributed by atoms with Crippen molar-refractivity contribution in [3.8, 4) is 0 Å². The minimum absolute atomic E-state index is 0.291. The Balaban J connectivity index is 2.28. The lowest BCUT2D eigenvalue weighted by Crippen LogP contribution is -2.03. The van der Waals surface area contributed by atoms with Crippen molar-refractivity contribution in [3.05, 3.63) is 29.9 Å². The molecule has 0 atom stereocenters. The maximum atomic E-state index is 10.8. The normalized spacial score (nSPS) is 13.8. The van der Waals surface area contributed by atoms with E-state index in [2.05, 4.69) is 15.2 Å². The van der Waals surface area contributed by atoms with Crippen LogP contribution in [0, 0.1) is 0 Å². The Kier molecular flexibility index (Phi) is 1.91. The van der Waals surface area contributed by atoms with Gasteiger partial charge in [-0.1, -0.05) is 5.16 Å². The van der Waals surface area contributed by atoms with Crippen LogP contribution >= 0.6 is 0 Å². The zero-order chi connectivity index (χ0) is 11.8. The highest BCUT2D eigenvalue weighted by Crippen LogP contribution is 2.18. The average Bonchev–Trinajstić information content (AvgIpc) is 2.53. The van der Waals surface area contributed by atoms with Crippen LogP contribution in [0.2, 0.25) is 0 Å². The molecule has 17 heavy (non-hydrogen) atoms. The number of nitrogens with zero attached hydrogens (tertiary/aromatic N) is 4. The third-order valence-corrected chi connectivity index (χ3v) is 2.31. The lowest BCUT2D eigenvalue weighted by atomic mass is 10.3. The van der Waals surface area contributed by atoms with Crippen LogP contribution in [0.5, 0.6) is 0 Å². The van der Waals surface area contributed by atoms with Crippen molar-refractivity contribution in [2.75, 3.05) is 0 Å². The Labute approximate surface area is 94.6 Å². The van der Waals surface area contributed by atoms with Crippen molar-refractivity contribution < 1.29 is 14.7 Å². The van der Waals surface area contributed by atoms with E-state index >= 15 is 0 Å². The summed E-state index contributed by atoms with van der Waals surface area (Å²) in [5.74, 6) is -1.49. The molecule has 1 N–H and O–H groups in total. The highest BCUT2D eigenvalue weighted by Gasteiger charge is 2.16. The highest BCUT2D eigenvalue weighted by atomic mass is 16.6. The zero-order valence-corrected chi connectivity index (χ0v) is 8.44. The molecule has 0 amide bonds. The molecule has 7 heteroatoms. The molecule has 1 aliphatic rings. The predicted octanol–water partition coefficient (Wildman–Crippen LogP) is 0.678. The van der Waals surface area contributed by atoms with Gasteiger partial charge in [-0.3, -0.25) is 4.98 Å². The van der Waals surface area contributed by atoms with E-state index in [1.54, 1.807) is 18.5 Å². The zero-order valence-electron chi connectivity index (χ0n) is 8.44. The van der Waals surface area contributed by atoms with E-state index in [1.807, 2.05) is 0 Å². The minimum atomic E-state index is -1.20. The molecule has 0 aliphatic carbocycles. The first-order valence-electron chi connectivity index (χ1n) is 4.73. The number of pyridine rings is 1. The van der Waals surface area contributed by atoms with E-state index in [9.17, 15) is 4.79 Å². The lowest BCUT2D eigenvalue weighted by molar-refractivity contribution is -0.136. The number of oxime groups is 1. The molecule has 0 saturated carbocycles. The van der Waals surface area contributed by atoms with E-state index in [0.29, 0.717) is 11.2 Å². The van der Waals surface area contributed by atoms with E-state index in [1.165, 1.54) is 17.1 Å². The molecule has 0 unspecified atom stereocenters. The molecule has 84 valence electrons. The molecule has 7 nitrogen and oxygen atoms in total. The van der Waals surface area contributed by atoms with Gasteiger partial charge in [0.1, 0.15) is 0 Å². The van der Waals surface area contributed by atoms with Crippen molar-refractivity contribution >= 4 is 29.3 Å². The summed E-state index contributed by atoms with van der Waals surface area (Å²) < 4.78 is 1.41. The van der Waals surface area contributed by atoms with Crippen LogP contribution in [-0.2, 0) is 9.63 Å². The Bertz CT molecular complexity index is 671. The SMILES string of the molecule is O=C(O)C1=Cn2nc3ccncc3c2C=NO1. The fraction of sp³-hybridized carbons (Fsp3) is 0. The third-order valence-electron chi connectivity index (χ3n) is 2.31. The Hall–Kier alpha value is -2.70. The van der Waals surface area contributed by atoms with Gasteiger partial charge in [0.15, 0.2) is 0 Å². The molecule has 3 heterocycles. The first kappa shape index (κ1) is 9.52. The molecule has 0 spiro atoms. The average molecular weight is 230 g/mol. The van der Waals surface area contributed by atoms with E-state index < -0.39 is 5.97 Å². The highest BCUT2D eigenvalue weighted by molar-refractivity contribution is 5.98. The smallest absolute Gasteiger partial charge is 0.376 e. The summed E-state index contributed by atoms with van der Waals surface area (Å²) >= 11 is 0. The fourth-order valence-corrected chi connectivity index (χ4v) is 1.55. The standard InChI is InChI=1S/C10H6N4O3/c15-10(16)9-5-14-8(4-12-17-9)6-3-11-2-1-7(6)13-14/h1-5H,(H,15,16). The largest absolute Gasteiger partial charge is 0.475 e. The number of aliphatic carboxylic acids is 1. The molecule has 2 aromatic heterocycles. The lowest BCUT2D eigenvalue weighted by Gasteiger charge is -1.95. The van der Waals surface area contributed by atoms with Crippen LogP contribution in [0.3, 0.4) is 0 Å². The number of aromatic nitrogens is 3. The summed E-state index contributed by atoms with van der Waals surface area (Å²) in [5, 5.41) is 17.4. The van der Waals surface area contributed by atoms with Gasteiger partial charge in [0.2, 0.25) is 0 Å². The third kappa shape index (κ3) is 1.44. The molecular formula is C10H6N4O3. The van der Waals surface area contributed by atoms with Crippen molar-refractivity contribution in [3.63, 3.8) is 0 Å². The van der Waals surface area contributed by atoms with Gasteiger partial charge in [-0.05, 0) is 6.07 Å². The molecule has 0 radical (unpaired) electrons. The summed E-state index contributed by atoms with van der Waals surface area (Å²) in [6.07, 6.45) is 5.93. The first-order chi connectivity index (χ1) is 8.25. The second-order valence-corrected chi connectivity index (χ2v) is 3.35. The predicted molar refractivity (Wildman–Crippen MR) is 58.1 cm³/mol. The number of hydrogen-bond donors (Lipinski definition) is 1. The molecule has 0 fully saturated rings. The van der Waals surface area contributed by atoms with Gasteiger partial charge < -0.3 is 9.94 Å². The van der Waals surface area contributed by atoms with Crippen LogP contribution in [0.4, 0.5) is 0 Å². The second-order valence-electron chi connectivity index (χ2n) is 3.35. The summed E-state index contributed by atoms with van der Waals surface area (Å²) in [6, 6.07) is 1.74. The molecule has 0 bridgehead atoms. The number of hydrogen-bond acceptors (Lipinski definition) is 5. The first-order valence-corrected chi connectivity index (χ1v) is 4.73. The van der Waals surface area contributed by atoms with Gasteiger partial charge >= 0.3 is 5.97 Å². The number of fused-ring (bicyclic) bond motifs is 3. The van der Waals surface area contributed by atoms with E-state index in [-0.39, 0.29) is 5.76 Å². The Morgan fingerprint density at radius 1 is 1.47 bits per heavy atom.